The Labute approximate surface area is 124 Å². The largest absolute Gasteiger partial charge is 0.320 e. The Bertz CT molecular complexity index is 566. The lowest BCUT2D eigenvalue weighted by Crippen LogP contribution is -2.33. The molecule has 1 aromatic heterocycles. The molecule has 0 fully saturated rings. The van der Waals surface area contributed by atoms with Gasteiger partial charge in [-0.1, -0.05) is 30.3 Å². The number of hydrogen-bond donors (Lipinski definition) is 2. The number of hydrogen-bond acceptors (Lipinski definition) is 3. The highest BCUT2D eigenvalue weighted by molar-refractivity contribution is 5.93. The van der Waals surface area contributed by atoms with E-state index in [1.807, 2.05) is 43.3 Å². The maximum absolute atomic E-state index is 11.6. The molecule has 1 atom stereocenters. The van der Waals surface area contributed by atoms with Gasteiger partial charge in [0.25, 0.3) is 0 Å². The summed E-state index contributed by atoms with van der Waals surface area (Å²) in [6, 6.07) is 11.3. The molecule has 2 rings (SSSR count). The fourth-order valence-corrected chi connectivity index (χ4v) is 1.76. The standard InChI is InChI=1S/C14H18N4O.ClH/c1-10-8-13(16-14(19)11(2)15)18(17-10)9-12-6-4-3-5-7-12;/h3-8,11H,9,15H2,1-2H3,(H,16,19);1H/t11-;/m0./s1. The van der Waals surface area contributed by atoms with Crippen molar-refractivity contribution < 1.29 is 4.79 Å². The van der Waals surface area contributed by atoms with Crippen molar-refractivity contribution in [3.63, 3.8) is 0 Å². The number of amides is 1. The van der Waals surface area contributed by atoms with Crippen LogP contribution in [0.1, 0.15) is 18.2 Å². The van der Waals surface area contributed by atoms with E-state index in [1.165, 1.54) is 0 Å². The van der Waals surface area contributed by atoms with Gasteiger partial charge in [0, 0.05) is 6.07 Å². The van der Waals surface area contributed by atoms with Crippen LogP contribution in [0.5, 0.6) is 0 Å². The van der Waals surface area contributed by atoms with E-state index in [0.29, 0.717) is 12.4 Å². The second kappa shape index (κ2) is 7.07. The molecule has 0 aliphatic rings. The number of nitrogens with two attached hydrogens (primary N) is 1. The normalized spacial score (nSPS) is 11.6. The third kappa shape index (κ3) is 4.08. The highest BCUT2D eigenvalue weighted by Crippen LogP contribution is 2.13. The number of nitrogens with zero attached hydrogens (tertiary/aromatic N) is 2. The Morgan fingerprint density at radius 2 is 2.05 bits per heavy atom. The second-order valence-electron chi connectivity index (χ2n) is 4.59. The Hall–Kier alpha value is -1.85. The lowest BCUT2D eigenvalue weighted by Gasteiger charge is -2.10. The summed E-state index contributed by atoms with van der Waals surface area (Å²) in [6.45, 7) is 4.16. The highest BCUT2D eigenvalue weighted by atomic mass is 35.5. The summed E-state index contributed by atoms with van der Waals surface area (Å²) in [5.41, 5.74) is 7.54. The van der Waals surface area contributed by atoms with E-state index in [0.717, 1.165) is 11.3 Å². The molecule has 0 saturated heterocycles. The van der Waals surface area contributed by atoms with Crippen LogP contribution in [0.3, 0.4) is 0 Å². The number of aryl methyl sites for hydroxylation is 1. The Balaban J connectivity index is 0.00000200. The molecule has 0 saturated carbocycles. The predicted octanol–water partition coefficient (Wildman–Crippen LogP) is 1.95. The van der Waals surface area contributed by atoms with Gasteiger partial charge in [-0.2, -0.15) is 5.10 Å². The molecule has 0 unspecified atom stereocenters. The predicted molar refractivity (Wildman–Crippen MR) is 82.0 cm³/mol. The van der Waals surface area contributed by atoms with E-state index in [1.54, 1.807) is 11.6 Å². The zero-order valence-corrected chi connectivity index (χ0v) is 12.4. The SMILES string of the molecule is Cc1cc(NC(=O)[C@H](C)N)n(Cc2ccccc2)n1.Cl. The molecular formula is C14H19ClN4O. The van der Waals surface area contributed by atoms with E-state index in [2.05, 4.69) is 10.4 Å². The summed E-state index contributed by atoms with van der Waals surface area (Å²) in [5.74, 6) is 0.456. The number of aromatic nitrogens is 2. The molecular weight excluding hydrogens is 276 g/mol. The van der Waals surface area contributed by atoms with Gasteiger partial charge in [0.2, 0.25) is 5.91 Å². The van der Waals surface area contributed by atoms with Crippen molar-refractivity contribution >= 4 is 24.1 Å². The molecule has 6 heteroatoms. The monoisotopic (exact) mass is 294 g/mol. The fourth-order valence-electron chi connectivity index (χ4n) is 1.76. The molecule has 1 aromatic carbocycles. The first kappa shape index (κ1) is 16.2. The van der Waals surface area contributed by atoms with Crippen molar-refractivity contribution in [2.24, 2.45) is 5.73 Å². The summed E-state index contributed by atoms with van der Waals surface area (Å²) in [4.78, 5) is 11.6. The van der Waals surface area contributed by atoms with Crippen LogP contribution in [0, 0.1) is 6.92 Å². The first-order valence-corrected chi connectivity index (χ1v) is 6.21. The van der Waals surface area contributed by atoms with E-state index in [-0.39, 0.29) is 18.3 Å². The van der Waals surface area contributed by atoms with Gasteiger partial charge in [-0.3, -0.25) is 4.79 Å². The van der Waals surface area contributed by atoms with Crippen LogP contribution in [0.4, 0.5) is 5.82 Å². The van der Waals surface area contributed by atoms with E-state index >= 15 is 0 Å². The third-order valence-corrected chi connectivity index (χ3v) is 2.74. The fraction of sp³-hybridized carbons (Fsp3) is 0.286. The van der Waals surface area contributed by atoms with Gasteiger partial charge in [-0.25, -0.2) is 4.68 Å². The Kier molecular flexibility index (Phi) is 5.73. The van der Waals surface area contributed by atoms with Crippen LogP contribution in [0.15, 0.2) is 36.4 Å². The van der Waals surface area contributed by atoms with Gasteiger partial charge in [-0.15, -0.1) is 12.4 Å². The van der Waals surface area contributed by atoms with Crippen molar-refractivity contribution in [1.29, 1.82) is 0 Å². The van der Waals surface area contributed by atoms with Crippen LogP contribution in [0.2, 0.25) is 0 Å². The Morgan fingerprint density at radius 1 is 1.40 bits per heavy atom. The molecule has 2 aromatic rings. The van der Waals surface area contributed by atoms with Gasteiger partial charge >= 0.3 is 0 Å². The van der Waals surface area contributed by atoms with Crippen molar-refractivity contribution in [2.75, 3.05) is 5.32 Å². The summed E-state index contributed by atoms with van der Waals surface area (Å²) >= 11 is 0. The second-order valence-corrected chi connectivity index (χ2v) is 4.59. The van der Waals surface area contributed by atoms with Crippen molar-refractivity contribution in [2.45, 2.75) is 26.4 Å². The summed E-state index contributed by atoms with van der Waals surface area (Å²) in [6.07, 6.45) is 0. The number of anilines is 1. The average Bonchev–Trinajstić information content (AvgIpc) is 2.70. The van der Waals surface area contributed by atoms with Gasteiger partial charge < -0.3 is 11.1 Å². The lowest BCUT2D eigenvalue weighted by molar-refractivity contribution is -0.117. The number of nitrogens with one attached hydrogen (secondary N) is 1. The van der Waals surface area contributed by atoms with E-state index < -0.39 is 6.04 Å². The molecule has 1 heterocycles. The first-order chi connectivity index (χ1) is 9.06. The van der Waals surface area contributed by atoms with E-state index in [4.69, 9.17) is 5.73 Å². The van der Waals surface area contributed by atoms with Crippen molar-refractivity contribution in [3.8, 4) is 0 Å². The lowest BCUT2D eigenvalue weighted by atomic mass is 10.2. The maximum Gasteiger partial charge on any atom is 0.242 e. The highest BCUT2D eigenvalue weighted by Gasteiger charge is 2.12. The van der Waals surface area contributed by atoms with Crippen LogP contribution in [-0.2, 0) is 11.3 Å². The molecule has 20 heavy (non-hydrogen) atoms. The summed E-state index contributed by atoms with van der Waals surface area (Å²) in [7, 11) is 0. The molecule has 3 N–H and O–H groups in total. The van der Waals surface area contributed by atoms with Gasteiger partial charge in [0.05, 0.1) is 18.3 Å². The third-order valence-electron chi connectivity index (χ3n) is 2.74. The Morgan fingerprint density at radius 3 is 2.65 bits per heavy atom. The molecule has 0 aliphatic carbocycles. The average molecular weight is 295 g/mol. The molecule has 0 aliphatic heterocycles. The van der Waals surface area contributed by atoms with Crippen molar-refractivity contribution in [1.82, 2.24) is 9.78 Å². The quantitative estimate of drug-likeness (QED) is 0.905. The van der Waals surface area contributed by atoms with Gasteiger partial charge in [-0.05, 0) is 19.4 Å². The zero-order valence-electron chi connectivity index (χ0n) is 11.5. The van der Waals surface area contributed by atoms with Gasteiger partial charge in [0.15, 0.2) is 0 Å². The number of halogens is 1. The number of rotatable bonds is 4. The zero-order chi connectivity index (χ0) is 13.8. The number of carbonyl (C=O) groups excluding carboxylic acids is 1. The van der Waals surface area contributed by atoms with Gasteiger partial charge in [0.1, 0.15) is 5.82 Å². The summed E-state index contributed by atoms with van der Waals surface area (Å²) < 4.78 is 1.77. The minimum Gasteiger partial charge on any atom is -0.320 e. The van der Waals surface area contributed by atoms with Crippen LogP contribution in [0.25, 0.3) is 0 Å². The topological polar surface area (TPSA) is 72.9 Å². The molecule has 0 spiro atoms. The first-order valence-electron chi connectivity index (χ1n) is 6.21. The van der Waals surface area contributed by atoms with Crippen molar-refractivity contribution in [3.05, 3.63) is 47.7 Å². The molecule has 5 nitrogen and oxygen atoms in total. The molecule has 0 radical (unpaired) electrons. The van der Waals surface area contributed by atoms with Crippen LogP contribution < -0.4 is 11.1 Å². The molecule has 0 bridgehead atoms. The maximum atomic E-state index is 11.6. The van der Waals surface area contributed by atoms with E-state index in [9.17, 15) is 4.79 Å². The van der Waals surface area contributed by atoms with Crippen LogP contribution >= 0.6 is 12.4 Å². The minimum atomic E-state index is -0.541. The minimum absolute atomic E-state index is 0. The number of carbonyl (C=O) groups is 1. The molecule has 108 valence electrons. The van der Waals surface area contributed by atoms with Crippen LogP contribution in [-0.4, -0.2) is 21.7 Å². The smallest absolute Gasteiger partial charge is 0.242 e. The molecule has 1 amide bonds. The number of benzene rings is 1. The summed E-state index contributed by atoms with van der Waals surface area (Å²) in [5, 5.41) is 7.17.